The van der Waals surface area contributed by atoms with E-state index >= 15 is 0 Å². The number of esters is 1. The summed E-state index contributed by atoms with van der Waals surface area (Å²) in [5.41, 5.74) is 0. The normalized spacial score (nSPS) is 12.7. The Morgan fingerprint density at radius 3 is 2.26 bits per heavy atom. The first-order chi connectivity index (χ1) is 9.11. The summed E-state index contributed by atoms with van der Waals surface area (Å²) in [5.74, 6) is -0.0335. The zero-order valence-corrected chi connectivity index (χ0v) is 13.4. The summed E-state index contributed by atoms with van der Waals surface area (Å²) in [5, 5.41) is 0. The molecule has 114 valence electrons. The van der Waals surface area contributed by atoms with Gasteiger partial charge >= 0.3 is 5.97 Å². The Labute approximate surface area is 119 Å². The summed E-state index contributed by atoms with van der Waals surface area (Å²) in [6, 6.07) is 0.510. The second-order valence-electron chi connectivity index (χ2n) is 5.58. The zero-order valence-electron chi connectivity index (χ0n) is 13.4. The van der Waals surface area contributed by atoms with Gasteiger partial charge in [-0.05, 0) is 33.4 Å². The number of unbranched alkanes of at least 4 members (excludes halogenated alkanes) is 4. The minimum atomic E-state index is -0.0335. The van der Waals surface area contributed by atoms with Crippen molar-refractivity contribution >= 4 is 5.97 Å². The van der Waals surface area contributed by atoms with E-state index in [2.05, 4.69) is 32.8 Å². The molecule has 0 aromatic rings. The molecule has 0 saturated carbocycles. The summed E-state index contributed by atoms with van der Waals surface area (Å²) in [6.07, 6.45) is 9.88. The molecular formula is C16H33NO2. The SMILES string of the molecule is CCCCCCC(CCC(=O)OCCCC)N(C)C. The molecule has 3 nitrogen and oxygen atoms in total. The van der Waals surface area contributed by atoms with E-state index in [1.807, 2.05) is 0 Å². The number of hydrogen-bond donors (Lipinski definition) is 0. The fourth-order valence-electron chi connectivity index (χ4n) is 2.15. The third-order valence-electron chi connectivity index (χ3n) is 3.56. The lowest BCUT2D eigenvalue weighted by Crippen LogP contribution is -2.28. The van der Waals surface area contributed by atoms with E-state index in [0.29, 0.717) is 19.1 Å². The molecule has 3 heteroatoms. The molecule has 1 unspecified atom stereocenters. The number of ether oxygens (including phenoxy) is 1. The average molecular weight is 271 g/mol. The molecule has 19 heavy (non-hydrogen) atoms. The lowest BCUT2D eigenvalue weighted by molar-refractivity contribution is -0.144. The van der Waals surface area contributed by atoms with Crippen molar-refractivity contribution < 1.29 is 9.53 Å². The molecular weight excluding hydrogens is 238 g/mol. The highest BCUT2D eigenvalue weighted by Gasteiger charge is 2.13. The summed E-state index contributed by atoms with van der Waals surface area (Å²) < 4.78 is 5.20. The van der Waals surface area contributed by atoms with E-state index in [-0.39, 0.29) is 5.97 Å². The molecule has 1 atom stereocenters. The smallest absolute Gasteiger partial charge is 0.305 e. The highest BCUT2D eigenvalue weighted by molar-refractivity contribution is 5.69. The number of hydrogen-bond acceptors (Lipinski definition) is 3. The molecule has 0 aromatic carbocycles. The van der Waals surface area contributed by atoms with Gasteiger partial charge in [0.15, 0.2) is 0 Å². The fourth-order valence-corrected chi connectivity index (χ4v) is 2.15. The van der Waals surface area contributed by atoms with Gasteiger partial charge in [-0.1, -0.05) is 46.0 Å². The van der Waals surface area contributed by atoms with Crippen LogP contribution in [0.5, 0.6) is 0 Å². The van der Waals surface area contributed by atoms with Crippen molar-refractivity contribution in [2.75, 3.05) is 20.7 Å². The van der Waals surface area contributed by atoms with E-state index in [1.165, 1.54) is 32.1 Å². The predicted octanol–water partition coefficient (Wildman–Crippen LogP) is 4.01. The molecule has 0 N–H and O–H groups in total. The van der Waals surface area contributed by atoms with Crippen LogP contribution in [-0.4, -0.2) is 37.6 Å². The van der Waals surface area contributed by atoms with Crippen molar-refractivity contribution in [1.82, 2.24) is 4.90 Å². The van der Waals surface area contributed by atoms with Crippen molar-refractivity contribution in [1.29, 1.82) is 0 Å². The van der Waals surface area contributed by atoms with Crippen LogP contribution >= 0.6 is 0 Å². The first kappa shape index (κ1) is 18.4. The molecule has 0 aliphatic heterocycles. The third-order valence-corrected chi connectivity index (χ3v) is 3.56. The van der Waals surface area contributed by atoms with Gasteiger partial charge in [-0.25, -0.2) is 0 Å². The van der Waals surface area contributed by atoms with Crippen molar-refractivity contribution in [3.8, 4) is 0 Å². The van der Waals surface area contributed by atoms with Gasteiger partial charge in [-0.3, -0.25) is 4.79 Å². The Hall–Kier alpha value is -0.570. The standard InChI is InChI=1S/C16H33NO2/c1-5-7-9-10-11-15(17(3)4)12-13-16(18)19-14-8-6-2/h15H,5-14H2,1-4H3. The predicted molar refractivity (Wildman–Crippen MR) is 81.3 cm³/mol. The molecule has 0 radical (unpaired) electrons. The van der Waals surface area contributed by atoms with Crippen LogP contribution in [0.1, 0.15) is 71.6 Å². The maximum Gasteiger partial charge on any atom is 0.305 e. The Bertz CT molecular complexity index is 217. The number of rotatable bonds is 12. The minimum Gasteiger partial charge on any atom is -0.466 e. The summed E-state index contributed by atoms with van der Waals surface area (Å²) in [4.78, 5) is 13.8. The fraction of sp³-hybridized carbons (Fsp3) is 0.938. The molecule has 0 aliphatic carbocycles. The van der Waals surface area contributed by atoms with Crippen LogP contribution in [0.25, 0.3) is 0 Å². The van der Waals surface area contributed by atoms with Gasteiger partial charge in [0.1, 0.15) is 0 Å². The Balaban J connectivity index is 3.77. The van der Waals surface area contributed by atoms with E-state index in [1.54, 1.807) is 0 Å². The Morgan fingerprint density at radius 1 is 1.00 bits per heavy atom. The Morgan fingerprint density at radius 2 is 1.68 bits per heavy atom. The monoisotopic (exact) mass is 271 g/mol. The molecule has 0 aliphatic rings. The molecule has 0 saturated heterocycles. The lowest BCUT2D eigenvalue weighted by Gasteiger charge is -2.24. The second-order valence-corrected chi connectivity index (χ2v) is 5.58. The summed E-state index contributed by atoms with van der Waals surface area (Å²) in [7, 11) is 4.21. The van der Waals surface area contributed by atoms with Crippen LogP contribution < -0.4 is 0 Å². The lowest BCUT2D eigenvalue weighted by atomic mass is 10.0. The highest BCUT2D eigenvalue weighted by Crippen LogP contribution is 2.14. The number of carbonyl (C=O) groups is 1. The van der Waals surface area contributed by atoms with E-state index in [4.69, 9.17) is 4.74 Å². The van der Waals surface area contributed by atoms with E-state index < -0.39 is 0 Å². The first-order valence-electron chi connectivity index (χ1n) is 7.93. The van der Waals surface area contributed by atoms with E-state index in [9.17, 15) is 4.79 Å². The van der Waals surface area contributed by atoms with Gasteiger partial charge in [0, 0.05) is 12.5 Å². The van der Waals surface area contributed by atoms with Gasteiger partial charge in [-0.15, -0.1) is 0 Å². The topological polar surface area (TPSA) is 29.5 Å². The third kappa shape index (κ3) is 11.0. The van der Waals surface area contributed by atoms with Crippen molar-refractivity contribution in [2.24, 2.45) is 0 Å². The molecule has 0 spiro atoms. The molecule has 0 aromatic heterocycles. The van der Waals surface area contributed by atoms with Crippen molar-refractivity contribution in [3.05, 3.63) is 0 Å². The van der Waals surface area contributed by atoms with E-state index in [0.717, 1.165) is 19.3 Å². The van der Waals surface area contributed by atoms with Gasteiger partial charge in [0.2, 0.25) is 0 Å². The maximum absolute atomic E-state index is 11.6. The zero-order chi connectivity index (χ0) is 14.5. The first-order valence-corrected chi connectivity index (χ1v) is 7.93. The van der Waals surface area contributed by atoms with Gasteiger partial charge in [0.05, 0.1) is 6.61 Å². The molecule has 0 amide bonds. The molecule has 0 fully saturated rings. The van der Waals surface area contributed by atoms with Crippen LogP contribution in [0.15, 0.2) is 0 Å². The summed E-state index contributed by atoms with van der Waals surface area (Å²) in [6.45, 7) is 4.92. The quantitative estimate of drug-likeness (QED) is 0.397. The summed E-state index contributed by atoms with van der Waals surface area (Å²) >= 11 is 0. The van der Waals surface area contributed by atoms with Gasteiger partial charge < -0.3 is 9.64 Å². The van der Waals surface area contributed by atoms with Crippen molar-refractivity contribution in [2.45, 2.75) is 77.7 Å². The number of carbonyl (C=O) groups excluding carboxylic acids is 1. The van der Waals surface area contributed by atoms with Gasteiger partial charge in [0.25, 0.3) is 0 Å². The van der Waals surface area contributed by atoms with Crippen LogP contribution in [0.4, 0.5) is 0 Å². The number of nitrogens with zero attached hydrogens (tertiary/aromatic N) is 1. The van der Waals surface area contributed by atoms with Crippen LogP contribution in [-0.2, 0) is 9.53 Å². The molecule has 0 bridgehead atoms. The van der Waals surface area contributed by atoms with Gasteiger partial charge in [-0.2, -0.15) is 0 Å². The van der Waals surface area contributed by atoms with Crippen LogP contribution in [0.2, 0.25) is 0 Å². The van der Waals surface area contributed by atoms with Crippen LogP contribution in [0.3, 0.4) is 0 Å². The highest BCUT2D eigenvalue weighted by atomic mass is 16.5. The van der Waals surface area contributed by atoms with Crippen LogP contribution in [0, 0.1) is 0 Å². The minimum absolute atomic E-state index is 0.0335. The maximum atomic E-state index is 11.6. The second kappa shape index (κ2) is 12.5. The largest absolute Gasteiger partial charge is 0.466 e. The Kier molecular flexibility index (Phi) is 12.1. The molecule has 0 heterocycles. The average Bonchev–Trinajstić information content (AvgIpc) is 2.37. The molecule has 0 rings (SSSR count). The van der Waals surface area contributed by atoms with Crippen molar-refractivity contribution in [3.63, 3.8) is 0 Å².